The van der Waals surface area contributed by atoms with Gasteiger partial charge in [-0.25, -0.2) is 9.89 Å². The van der Waals surface area contributed by atoms with Crippen LogP contribution in [-0.2, 0) is 6.54 Å². The van der Waals surface area contributed by atoms with Crippen molar-refractivity contribution in [3.05, 3.63) is 44.4 Å². The Labute approximate surface area is 146 Å². The van der Waals surface area contributed by atoms with Gasteiger partial charge in [0, 0.05) is 12.1 Å². The van der Waals surface area contributed by atoms with E-state index >= 15 is 0 Å². The van der Waals surface area contributed by atoms with E-state index in [1.54, 1.807) is 4.57 Å². The van der Waals surface area contributed by atoms with Gasteiger partial charge in [-0.3, -0.25) is 9.36 Å². The fourth-order valence-electron chi connectivity index (χ4n) is 2.76. The first-order valence-corrected chi connectivity index (χ1v) is 9.24. The lowest BCUT2D eigenvalue weighted by atomic mass is 9.92. The quantitative estimate of drug-likeness (QED) is 0.614. The maximum atomic E-state index is 12.8. The number of thioether (sulfide) groups is 1. The number of rotatable bonds is 7. The third kappa shape index (κ3) is 3.80. The maximum Gasteiger partial charge on any atom is 0.343 e. The number of carbonyl (C=O) groups is 1. The van der Waals surface area contributed by atoms with E-state index < -0.39 is 0 Å². The number of aryl methyl sites for hydroxylation is 2. The number of H-pyrrole nitrogens is 1. The van der Waals surface area contributed by atoms with Crippen molar-refractivity contribution in [3.8, 4) is 0 Å². The van der Waals surface area contributed by atoms with Gasteiger partial charge in [0.25, 0.3) is 0 Å². The van der Waals surface area contributed by atoms with E-state index in [0.29, 0.717) is 11.7 Å². The number of carbonyl (C=O) groups excluding carboxylic acids is 1. The predicted molar refractivity (Wildman–Crippen MR) is 98.2 cm³/mol. The Kier molecular flexibility index (Phi) is 6.04. The number of ketones is 1. The number of nitrogens with zero attached hydrogens (tertiary/aromatic N) is 2. The first kappa shape index (κ1) is 18.5. The van der Waals surface area contributed by atoms with Crippen LogP contribution in [0.1, 0.15) is 52.4 Å². The molecule has 0 aliphatic heterocycles. The van der Waals surface area contributed by atoms with Crippen molar-refractivity contribution >= 4 is 17.5 Å². The Morgan fingerprint density at radius 3 is 2.42 bits per heavy atom. The molecule has 1 aromatic heterocycles. The van der Waals surface area contributed by atoms with E-state index in [1.807, 2.05) is 27.7 Å². The molecule has 2 aromatic rings. The van der Waals surface area contributed by atoms with Gasteiger partial charge < -0.3 is 0 Å². The molecule has 0 atom stereocenters. The fraction of sp³-hybridized carbons (Fsp3) is 0.500. The molecule has 0 aliphatic rings. The van der Waals surface area contributed by atoms with E-state index in [-0.39, 0.29) is 17.2 Å². The van der Waals surface area contributed by atoms with Crippen LogP contribution in [0, 0.1) is 27.7 Å². The molecule has 0 fully saturated rings. The van der Waals surface area contributed by atoms with Crippen molar-refractivity contribution in [3.63, 3.8) is 0 Å². The Balaban J connectivity index is 2.20. The van der Waals surface area contributed by atoms with Gasteiger partial charge in [-0.1, -0.05) is 31.2 Å². The highest BCUT2D eigenvalue weighted by atomic mass is 32.2. The van der Waals surface area contributed by atoms with Crippen molar-refractivity contribution in [2.45, 2.75) is 59.2 Å². The van der Waals surface area contributed by atoms with Crippen LogP contribution < -0.4 is 5.69 Å². The average Bonchev–Trinajstić information content (AvgIpc) is 2.89. The predicted octanol–water partition coefficient (Wildman–Crippen LogP) is 3.58. The molecule has 0 bridgehead atoms. The summed E-state index contributed by atoms with van der Waals surface area (Å²) in [4.78, 5) is 24.6. The summed E-state index contributed by atoms with van der Waals surface area (Å²) in [7, 11) is 0. The average molecular weight is 347 g/mol. The molecule has 1 N–H and O–H groups in total. The maximum absolute atomic E-state index is 12.8. The molecule has 130 valence electrons. The van der Waals surface area contributed by atoms with Crippen LogP contribution in [0.5, 0.6) is 0 Å². The zero-order chi connectivity index (χ0) is 17.9. The normalized spacial score (nSPS) is 11.0. The minimum atomic E-state index is -0.211. The first-order valence-electron chi connectivity index (χ1n) is 8.25. The smallest absolute Gasteiger partial charge is 0.293 e. The van der Waals surface area contributed by atoms with E-state index in [9.17, 15) is 9.59 Å². The second kappa shape index (κ2) is 7.83. The van der Waals surface area contributed by atoms with E-state index in [4.69, 9.17) is 0 Å². The van der Waals surface area contributed by atoms with Gasteiger partial charge in [0.1, 0.15) is 0 Å². The van der Waals surface area contributed by atoms with Crippen molar-refractivity contribution in [1.82, 2.24) is 14.8 Å². The summed E-state index contributed by atoms with van der Waals surface area (Å²) in [6.45, 7) is 10.7. The molecule has 24 heavy (non-hydrogen) atoms. The number of hydrogen-bond acceptors (Lipinski definition) is 4. The van der Waals surface area contributed by atoms with E-state index in [1.165, 1.54) is 11.8 Å². The van der Waals surface area contributed by atoms with Gasteiger partial charge in [0.05, 0.1) is 5.75 Å². The molecule has 1 heterocycles. The van der Waals surface area contributed by atoms with Crippen LogP contribution in [0.4, 0.5) is 0 Å². The number of Topliss-reactive ketones (excluding diaryl/α,β-unsaturated/α-hetero) is 1. The van der Waals surface area contributed by atoms with E-state index in [0.717, 1.165) is 40.7 Å². The molecule has 0 unspecified atom stereocenters. The molecule has 5 nitrogen and oxygen atoms in total. The highest BCUT2D eigenvalue weighted by Gasteiger charge is 2.17. The largest absolute Gasteiger partial charge is 0.343 e. The van der Waals surface area contributed by atoms with Crippen LogP contribution in [0.3, 0.4) is 0 Å². The van der Waals surface area contributed by atoms with Gasteiger partial charge in [-0.15, -0.1) is 5.10 Å². The minimum Gasteiger partial charge on any atom is -0.293 e. The van der Waals surface area contributed by atoms with Gasteiger partial charge in [-0.05, 0) is 56.4 Å². The van der Waals surface area contributed by atoms with E-state index in [2.05, 4.69) is 23.2 Å². The van der Waals surface area contributed by atoms with Crippen molar-refractivity contribution < 1.29 is 4.79 Å². The Hall–Kier alpha value is -1.82. The number of benzene rings is 1. The third-order valence-electron chi connectivity index (χ3n) is 4.44. The standard InChI is InChI=1S/C18H25N3O2S/c1-6-7-8-21-17(23)19-20-18(21)24-10-15(22)16-13(4)11(2)9-12(3)14(16)5/h9H,6-8,10H2,1-5H3,(H,19,23). The molecule has 1 aromatic carbocycles. The summed E-state index contributed by atoms with van der Waals surface area (Å²) in [5, 5.41) is 7.11. The minimum absolute atomic E-state index is 0.0827. The van der Waals surface area contributed by atoms with Gasteiger partial charge in [-0.2, -0.15) is 0 Å². The van der Waals surface area contributed by atoms with Gasteiger partial charge in [0.2, 0.25) is 0 Å². The summed E-state index contributed by atoms with van der Waals surface area (Å²) in [6, 6.07) is 2.12. The Morgan fingerprint density at radius 1 is 1.21 bits per heavy atom. The van der Waals surface area contributed by atoms with Crippen LogP contribution >= 0.6 is 11.8 Å². The SMILES string of the molecule is CCCCn1c(SCC(=O)c2c(C)c(C)cc(C)c2C)n[nH]c1=O. The number of aromatic amines is 1. The third-order valence-corrected chi connectivity index (χ3v) is 5.41. The highest BCUT2D eigenvalue weighted by Crippen LogP contribution is 2.24. The summed E-state index contributed by atoms with van der Waals surface area (Å²) in [6.07, 6.45) is 1.91. The molecule has 0 aliphatic carbocycles. The summed E-state index contributed by atoms with van der Waals surface area (Å²) in [5.74, 6) is 0.361. The molecule has 6 heteroatoms. The molecule has 0 spiro atoms. The lowest BCUT2D eigenvalue weighted by Crippen LogP contribution is -2.18. The molecule has 0 radical (unpaired) electrons. The van der Waals surface area contributed by atoms with Crippen LogP contribution in [-0.4, -0.2) is 26.3 Å². The van der Waals surface area contributed by atoms with Gasteiger partial charge >= 0.3 is 5.69 Å². The van der Waals surface area contributed by atoms with Crippen LogP contribution in [0.15, 0.2) is 16.0 Å². The van der Waals surface area contributed by atoms with Crippen molar-refractivity contribution in [2.24, 2.45) is 0 Å². The first-order chi connectivity index (χ1) is 11.4. The second-order valence-electron chi connectivity index (χ2n) is 6.16. The second-order valence-corrected chi connectivity index (χ2v) is 7.11. The number of nitrogens with one attached hydrogen (secondary N) is 1. The van der Waals surface area contributed by atoms with Crippen molar-refractivity contribution in [1.29, 1.82) is 0 Å². The molecule has 0 amide bonds. The fourth-order valence-corrected chi connectivity index (χ4v) is 3.61. The molecular weight excluding hydrogens is 322 g/mol. The zero-order valence-corrected chi connectivity index (χ0v) is 15.8. The van der Waals surface area contributed by atoms with Gasteiger partial charge in [0.15, 0.2) is 10.9 Å². The topological polar surface area (TPSA) is 67.8 Å². The lowest BCUT2D eigenvalue weighted by Gasteiger charge is -2.14. The monoisotopic (exact) mass is 347 g/mol. The summed E-state index contributed by atoms with van der Waals surface area (Å²) >= 11 is 1.32. The Morgan fingerprint density at radius 2 is 1.83 bits per heavy atom. The Bertz CT molecular complexity index is 779. The highest BCUT2D eigenvalue weighted by molar-refractivity contribution is 7.99. The molecular formula is C18H25N3O2S. The molecule has 2 rings (SSSR count). The molecule has 0 saturated heterocycles. The number of hydrogen-bond donors (Lipinski definition) is 1. The molecule has 0 saturated carbocycles. The van der Waals surface area contributed by atoms with Crippen LogP contribution in [0.25, 0.3) is 0 Å². The summed E-state index contributed by atoms with van der Waals surface area (Å²) in [5.41, 5.74) is 4.93. The van der Waals surface area contributed by atoms with Crippen molar-refractivity contribution in [2.75, 3.05) is 5.75 Å². The zero-order valence-electron chi connectivity index (χ0n) is 15.0. The lowest BCUT2D eigenvalue weighted by molar-refractivity contribution is 0.102. The van der Waals surface area contributed by atoms with Crippen LogP contribution in [0.2, 0.25) is 0 Å². The number of aromatic nitrogens is 3. The number of unbranched alkanes of at least 4 members (excludes halogenated alkanes) is 1. The summed E-state index contributed by atoms with van der Waals surface area (Å²) < 4.78 is 1.61.